The lowest BCUT2D eigenvalue weighted by Crippen LogP contribution is -2.13. The average molecular weight is 346 g/mol. The lowest BCUT2D eigenvalue weighted by molar-refractivity contribution is 0.0992. The number of thiazole rings is 1. The Balaban J connectivity index is 2.05. The Morgan fingerprint density at radius 1 is 1.39 bits per heavy atom. The number of hydrogen-bond donors (Lipinski definition) is 0. The van der Waals surface area contributed by atoms with E-state index in [1.807, 2.05) is 25.5 Å². The molecule has 0 aliphatic heterocycles. The average Bonchev–Trinajstić information content (AvgIpc) is 3.07. The summed E-state index contributed by atoms with van der Waals surface area (Å²) in [5.41, 5.74) is 2.44. The third-order valence-corrected chi connectivity index (χ3v) is 5.53. The van der Waals surface area contributed by atoms with Crippen LogP contribution in [0.1, 0.15) is 23.1 Å². The molecule has 7 heteroatoms. The van der Waals surface area contributed by atoms with Gasteiger partial charge in [0.2, 0.25) is 0 Å². The highest BCUT2D eigenvalue weighted by molar-refractivity contribution is 7.98. The van der Waals surface area contributed by atoms with Crippen molar-refractivity contribution < 1.29 is 4.79 Å². The molecule has 120 valence electrons. The topological polar surface area (TPSA) is 52.2 Å². The van der Waals surface area contributed by atoms with Gasteiger partial charge in [0, 0.05) is 24.2 Å². The smallest absolute Gasteiger partial charge is 0.300 e. The van der Waals surface area contributed by atoms with Gasteiger partial charge in [0.05, 0.1) is 10.2 Å². The Morgan fingerprint density at radius 3 is 2.83 bits per heavy atom. The van der Waals surface area contributed by atoms with Crippen molar-refractivity contribution in [1.82, 2.24) is 14.3 Å². The van der Waals surface area contributed by atoms with E-state index in [-0.39, 0.29) is 5.91 Å². The summed E-state index contributed by atoms with van der Waals surface area (Å²) in [6.45, 7) is 4.69. The third-order valence-electron chi connectivity index (χ3n) is 3.71. The number of thioether (sulfide) groups is 1. The molecule has 23 heavy (non-hydrogen) atoms. The monoisotopic (exact) mass is 346 g/mol. The van der Waals surface area contributed by atoms with Crippen molar-refractivity contribution in [3.63, 3.8) is 0 Å². The van der Waals surface area contributed by atoms with Crippen LogP contribution in [-0.2, 0) is 13.6 Å². The minimum atomic E-state index is -0.299. The first-order valence-corrected chi connectivity index (χ1v) is 9.34. The van der Waals surface area contributed by atoms with Gasteiger partial charge in [-0.15, -0.1) is 11.8 Å². The summed E-state index contributed by atoms with van der Waals surface area (Å²) < 4.78 is 4.88. The molecule has 0 atom stereocenters. The molecule has 0 saturated carbocycles. The van der Waals surface area contributed by atoms with Crippen molar-refractivity contribution in [3.8, 4) is 0 Å². The number of aryl methyl sites for hydroxylation is 3. The van der Waals surface area contributed by atoms with Crippen LogP contribution in [0.4, 0.5) is 0 Å². The van der Waals surface area contributed by atoms with Crippen LogP contribution in [-0.4, -0.2) is 26.5 Å². The predicted octanol–water partition coefficient (Wildman–Crippen LogP) is 3.23. The highest BCUT2D eigenvalue weighted by Gasteiger charge is 2.12. The molecule has 0 N–H and O–H groups in total. The zero-order chi connectivity index (χ0) is 16.6. The molecule has 3 rings (SSSR count). The van der Waals surface area contributed by atoms with Gasteiger partial charge in [0.15, 0.2) is 10.5 Å². The second kappa shape index (κ2) is 6.33. The van der Waals surface area contributed by atoms with Crippen molar-refractivity contribution in [1.29, 1.82) is 0 Å². The standard InChI is InChI=1S/C16H18N4OS2/c1-5-20-10(2)8-12(18-20)15(21)17-16-19(3)13-7-6-11(22-4)9-14(13)23-16/h6-9H,5H2,1-4H3. The number of benzene rings is 1. The number of rotatable bonds is 3. The molecule has 1 aromatic carbocycles. The largest absolute Gasteiger partial charge is 0.319 e. The highest BCUT2D eigenvalue weighted by Crippen LogP contribution is 2.23. The van der Waals surface area contributed by atoms with Crippen molar-refractivity contribution >= 4 is 39.2 Å². The zero-order valence-corrected chi connectivity index (χ0v) is 15.2. The van der Waals surface area contributed by atoms with E-state index in [0.717, 1.165) is 22.5 Å². The van der Waals surface area contributed by atoms with Crippen molar-refractivity contribution in [2.24, 2.45) is 12.0 Å². The Morgan fingerprint density at radius 2 is 2.17 bits per heavy atom. The number of carbonyl (C=O) groups excluding carboxylic acids is 1. The molecule has 0 aliphatic carbocycles. The summed E-state index contributed by atoms with van der Waals surface area (Å²) in [6.07, 6.45) is 2.05. The summed E-state index contributed by atoms with van der Waals surface area (Å²) in [5, 5.41) is 4.30. The van der Waals surface area contributed by atoms with Crippen LogP contribution in [0.15, 0.2) is 34.2 Å². The lowest BCUT2D eigenvalue weighted by atomic mass is 10.3. The van der Waals surface area contributed by atoms with E-state index in [0.29, 0.717) is 10.5 Å². The summed E-state index contributed by atoms with van der Waals surface area (Å²) >= 11 is 3.22. The van der Waals surface area contributed by atoms with Gasteiger partial charge in [-0.3, -0.25) is 9.48 Å². The SMILES string of the molecule is CCn1nc(C(=O)N=c2sc3cc(SC)ccc3n2C)cc1C. The Kier molecular flexibility index (Phi) is 4.41. The molecule has 0 fully saturated rings. The fraction of sp³-hybridized carbons (Fsp3) is 0.312. The predicted molar refractivity (Wildman–Crippen MR) is 95.1 cm³/mol. The van der Waals surface area contributed by atoms with Gasteiger partial charge in [0.25, 0.3) is 5.91 Å². The van der Waals surface area contributed by atoms with E-state index in [4.69, 9.17) is 0 Å². The molecular formula is C16H18N4OS2. The van der Waals surface area contributed by atoms with Crippen LogP contribution < -0.4 is 4.80 Å². The molecule has 0 bridgehead atoms. The summed E-state index contributed by atoms with van der Waals surface area (Å²) in [5.74, 6) is -0.299. The van der Waals surface area contributed by atoms with E-state index < -0.39 is 0 Å². The van der Waals surface area contributed by atoms with Crippen LogP contribution in [0, 0.1) is 6.92 Å². The molecule has 2 heterocycles. The van der Waals surface area contributed by atoms with Crippen LogP contribution in [0.3, 0.4) is 0 Å². The quantitative estimate of drug-likeness (QED) is 0.684. The lowest BCUT2D eigenvalue weighted by Gasteiger charge is -1.97. The van der Waals surface area contributed by atoms with E-state index in [9.17, 15) is 4.79 Å². The number of carbonyl (C=O) groups is 1. The third kappa shape index (κ3) is 2.98. The molecule has 3 aromatic rings. The minimum Gasteiger partial charge on any atom is -0.319 e. The summed E-state index contributed by atoms with van der Waals surface area (Å²) in [4.78, 5) is 18.6. The Labute approximate surface area is 142 Å². The molecule has 5 nitrogen and oxygen atoms in total. The molecule has 1 amide bonds. The van der Waals surface area contributed by atoms with E-state index >= 15 is 0 Å². The molecule has 0 spiro atoms. The number of fused-ring (bicyclic) bond motifs is 1. The van der Waals surface area contributed by atoms with Crippen molar-refractivity contribution in [2.45, 2.75) is 25.3 Å². The van der Waals surface area contributed by atoms with Crippen LogP contribution >= 0.6 is 23.1 Å². The van der Waals surface area contributed by atoms with Gasteiger partial charge in [-0.25, -0.2) is 0 Å². The fourth-order valence-electron chi connectivity index (χ4n) is 2.43. The fourth-order valence-corrected chi connectivity index (χ4v) is 4.00. The van der Waals surface area contributed by atoms with Crippen LogP contribution in [0.5, 0.6) is 0 Å². The first-order valence-electron chi connectivity index (χ1n) is 7.30. The van der Waals surface area contributed by atoms with Gasteiger partial charge >= 0.3 is 0 Å². The molecule has 0 radical (unpaired) electrons. The normalized spacial score (nSPS) is 12.3. The van der Waals surface area contributed by atoms with Crippen molar-refractivity contribution in [3.05, 3.63) is 40.5 Å². The first kappa shape index (κ1) is 16.0. The molecule has 0 aliphatic rings. The molecule has 0 saturated heterocycles. The molecule has 2 aromatic heterocycles. The van der Waals surface area contributed by atoms with Crippen LogP contribution in [0.2, 0.25) is 0 Å². The number of aromatic nitrogens is 3. The second-order valence-electron chi connectivity index (χ2n) is 5.18. The zero-order valence-electron chi connectivity index (χ0n) is 13.5. The summed E-state index contributed by atoms with van der Waals surface area (Å²) in [7, 11) is 1.93. The Bertz CT molecular complexity index is 949. The highest BCUT2D eigenvalue weighted by atomic mass is 32.2. The van der Waals surface area contributed by atoms with Gasteiger partial charge in [-0.1, -0.05) is 11.3 Å². The Hall–Kier alpha value is -1.86. The maximum atomic E-state index is 12.4. The van der Waals surface area contributed by atoms with Crippen LogP contribution in [0.25, 0.3) is 10.2 Å². The minimum absolute atomic E-state index is 0.299. The maximum absolute atomic E-state index is 12.4. The van der Waals surface area contributed by atoms with Gasteiger partial charge in [-0.2, -0.15) is 10.1 Å². The van der Waals surface area contributed by atoms with Gasteiger partial charge < -0.3 is 4.57 Å². The second-order valence-corrected chi connectivity index (χ2v) is 7.07. The summed E-state index contributed by atoms with van der Waals surface area (Å²) in [6, 6.07) is 8.06. The number of nitrogens with zero attached hydrogens (tertiary/aromatic N) is 4. The first-order chi connectivity index (χ1) is 11.0. The number of amides is 1. The number of hydrogen-bond acceptors (Lipinski definition) is 4. The van der Waals surface area contributed by atoms with E-state index in [1.165, 1.54) is 16.2 Å². The van der Waals surface area contributed by atoms with E-state index in [2.05, 4.69) is 34.5 Å². The van der Waals surface area contributed by atoms with E-state index in [1.54, 1.807) is 22.5 Å². The maximum Gasteiger partial charge on any atom is 0.300 e. The molecule has 0 unspecified atom stereocenters. The van der Waals surface area contributed by atoms with Gasteiger partial charge in [0.1, 0.15) is 0 Å². The molecular weight excluding hydrogens is 328 g/mol. The van der Waals surface area contributed by atoms with Gasteiger partial charge in [-0.05, 0) is 44.4 Å². The van der Waals surface area contributed by atoms with Crippen molar-refractivity contribution in [2.75, 3.05) is 6.26 Å².